The molecule has 0 aromatic carbocycles. The molecule has 0 aliphatic rings. The van der Waals surface area contributed by atoms with Crippen molar-refractivity contribution in [3.63, 3.8) is 0 Å². The summed E-state index contributed by atoms with van der Waals surface area (Å²) in [6, 6.07) is 2.53. The molecule has 0 aliphatic heterocycles. The van der Waals surface area contributed by atoms with E-state index in [0.717, 1.165) is 37.4 Å². The van der Waals surface area contributed by atoms with Crippen LogP contribution in [-0.2, 0) is 6.42 Å². The zero-order valence-electron chi connectivity index (χ0n) is 13.7. The minimum absolute atomic E-state index is 0.308. The molecule has 0 unspecified atom stereocenters. The van der Waals surface area contributed by atoms with Crippen molar-refractivity contribution in [1.82, 2.24) is 9.97 Å². The van der Waals surface area contributed by atoms with E-state index in [0.29, 0.717) is 19.0 Å². The molecule has 0 fully saturated rings. The van der Waals surface area contributed by atoms with Gasteiger partial charge in [0.25, 0.3) is 0 Å². The van der Waals surface area contributed by atoms with Crippen LogP contribution in [0.2, 0.25) is 0 Å². The lowest BCUT2D eigenvalue weighted by atomic mass is 10.1. The number of rotatable bonds is 9. The van der Waals surface area contributed by atoms with E-state index in [1.54, 1.807) is 6.33 Å². The summed E-state index contributed by atoms with van der Waals surface area (Å²) in [4.78, 5) is 11.1. The first-order valence-corrected chi connectivity index (χ1v) is 7.86. The Kier molecular flexibility index (Phi) is 7.52. The number of nitrogens with zero attached hydrogens (tertiary/aromatic N) is 4. The van der Waals surface area contributed by atoms with Crippen LogP contribution >= 0.6 is 0 Å². The molecule has 0 radical (unpaired) electrons. The fourth-order valence-corrected chi connectivity index (χ4v) is 2.31. The summed E-state index contributed by atoms with van der Waals surface area (Å²) in [5.74, 6) is 1.90. The Morgan fingerprint density at radius 2 is 2.05 bits per heavy atom. The van der Waals surface area contributed by atoms with E-state index in [2.05, 4.69) is 53.9 Å². The van der Waals surface area contributed by atoms with Crippen molar-refractivity contribution in [1.29, 1.82) is 5.26 Å². The predicted molar refractivity (Wildman–Crippen MR) is 87.5 cm³/mol. The second-order valence-electron chi connectivity index (χ2n) is 5.40. The highest BCUT2D eigenvalue weighted by Gasteiger charge is 2.18. The summed E-state index contributed by atoms with van der Waals surface area (Å²) >= 11 is 0. The molecule has 0 amide bonds. The maximum atomic E-state index is 8.87. The number of nitriles is 1. The van der Waals surface area contributed by atoms with Gasteiger partial charge in [0.2, 0.25) is 0 Å². The number of hydrogen-bond donors (Lipinski definition) is 1. The first-order valence-electron chi connectivity index (χ1n) is 7.86. The Morgan fingerprint density at radius 1 is 1.29 bits per heavy atom. The highest BCUT2D eigenvalue weighted by Crippen LogP contribution is 2.26. The van der Waals surface area contributed by atoms with E-state index in [1.165, 1.54) is 5.56 Å². The van der Waals surface area contributed by atoms with Crippen LogP contribution < -0.4 is 10.2 Å². The zero-order chi connectivity index (χ0) is 15.7. The molecular weight excluding hydrogens is 262 g/mol. The SMILES string of the molecule is CCCNc1ncnc(N(CCC#N)C(C)C)c1CCC. The molecule has 0 spiro atoms. The lowest BCUT2D eigenvalue weighted by Crippen LogP contribution is -2.33. The maximum absolute atomic E-state index is 8.87. The number of anilines is 2. The Hall–Kier alpha value is -1.83. The highest BCUT2D eigenvalue weighted by atomic mass is 15.2. The molecule has 0 saturated carbocycles. The fourth-order valence-electron chi connectivity index (χ4n) is 2.31. The minimum atomic E-state index is 0.308. The third kappa shape index (κ3) is 4.89. The smallest absolute Gasteiger partial charge is 0.137 e. The lowest BCUT2D eigenvalue weighted by Gasteiger charge is -2.29. The van der Waals surface area contributed by atoms with Gasteiger partial charge in [0, 0.05) is 24.7 Å². The second-order valence-corrected chi connectivity index (χ2v) is 5.40. The van der Waals surface area contributed by atoms with Gasteiger partial charge >= 0.3 is 0 Å². The van der Waals surface area contributed by atoms with Crippen molar-refractivity contribution in [3.8, 4) is 6.07 Å². The Balaban J connectivity index is 3.15. The van der Waals surface area contributed by atoms with Gasteiger partial charge in [0.05, 0.1) is 12.5 Å². The molecule has 0 bridgehead atoms. The first kappa shape index (κ1) is 17.2. The van der Waals surface area contributed by atoms with E-state index in [-0.39, 0.29) is 0 Å². The summed E-state index contributed by atoms with van der Waals surface area (Å²) in [6.07, 6.45) is 5.18. The number of aromatic nitrogens is 2. The number of hydrogen-bond acceptors (Lipinski definition) is 5. The topological polar surface area (TPSA) is 64.8 Å². The third-order valence-electron chi connectivity index (χ3n) is 3.32. The molecule has 5 heteroatoms. The molecule has 1 heterocycles. The van der Waals surface area contributed by atoms with Gasteiger partial charge in [-0.2, -0.15) is 5.26 Å². The summed E-state index contributed by atoms with van der Waals surface area (Å²) in [6.45, 7) is 10.2. The van der Waals surface area contributed by atoms with E-state index in [4.69, 9.17) is 5.26 Å². The van der Waals surface area contributed by atoms with E-state index in [9.17, 15) is 0 Å². The molecule has 0 atom stereocenters. The molecule has 0 saturated heterocycles. The summed E-state index contributed by atoms with van der Waals surface area (Å²) in [5.41, 5.74) is 1.17. The van der Waals surface area contributed by atoms with Gasteiger partial charge in [-0.15, -0.1) is 0 Å². The summed E-state index contributed by atoms with van der Waals surface area (Å²) in [7, 11) is 0. The molecular formula is C16H27N5. The predicted octanol–water partition coefficient (Wildman–Crippen LogP) is 3.38. The van der Waals surface area contributed by atoms with Crippen molar-refractivity contribution < 1.29 is 0 Å². The second kappa shape index (κ2) is 9.17. The minimum Gasteiger partial charge on any atom is -0.370 e. The monoisotopic (exact) mass is 289 g/mol. The van der Waals surface area contributed by atoms with Gasteiger partial charge in [-0.25, -0.2) is 9.97 Å². The van der Waals surface area contributed by atoms with E-state index in [1.807, 2.05) is 0 Å². The fraction of sp³-hybridized carbons (Fsp3) is 0.688. The van der Waals surface area contributed by atoms with Gasteiger partial charge in [-0.1, -0.05) is 20.3 Å². The highest BCUT2D eigenvalue weighted by molar-refractivity contribution is 5.59. The molecule has 5 nitrogen and oxygen atoms in total. The van der Waals surface area contributed by atoms with Gasteiger partial charge in [0.1, 0.15) is 18.0 Å². The Bertz CT molecular complexity index is 464. The first-order chi connectivity index (χ1) is 10.2. The van der Waals surface area contributed by atoms with Crippen molar-refractivity contribution >= 4 is 11.6 Å². The van der Waals surface area contributed by atoms with Crippen LogP contribution in [0.1, 0.15) is 52.5 Å². The third-order valence-corrected chi connectivity index (χ3v) is 3.32. The van der Waals surface area contributed by atoms with Crippen LogP contribution in [0.25, 0.3) is 0 Å². The molecule has 1 N–H and O–H groups in total. The zero-order valence-corrected chi connectivity index (χ0v) is 13.7. The molecule has 116 valence electrons. The molecule has 0 aliphatic carbocycles. The average molecular weight is 289 g/mol. The normalized spacial score (nSPS) is 10.5. The van der Waals surface area contributed by atoms with Gasteiger partial charge in [0.15, 0.2) is 0 Å². The van der Waals surface area contributed by atoms with Gasteiger partial charge in [-0.05, 0) is 26.7 Å². The van der Waals surface area contributed by atoms with E-state index >= 15 is 0 Å². The van der Waals surface area contributed by atoms with Gasteiger partial charge < -0.3 is 10.2 Å². The number of nitrogens with one attached hydrogen (secondary N) is 1. The Morgan fingerprint density at radius 3 is 2.62 bits per heavy atom. The standard InChI is InChI=1S/C16H27N5/c1-5-8-14-15(18-10-6-2)19-12-20-16(14)21(13(3)4)11-7-9-17/h12-13H,5-8,10-11H2,1-4H3,(H,18,19,20). The lowest BCUT2D eigenvalue weighted by molar-refractivity contribution is 0.669. The van der Waals surface area contributed by atoms with Crippen molar-refractivity contribution in [2.45, 2.75) is 59.4 Å². The maximum Gasteiger partial charge on any atom is 0.137 e. The molecule has 1 rings (SSSR count). The van der Waals surface area contributed by atoms with Crippen molar-refractivity contribution in [2.75, 3.05) is 23.3 Å². The van der Waals surface area contributed by atoms with Crippen molar-refractivity contribution in [2.24, 2.45) is 0 Å². The molecule has 21 heavy (non-hydrogen) atoms. The van der Waals surface area contributed by atoms with Crippen LogP contribution in [0.4, 0.5) is 11.6 Å². The van der Waals surface area contributed by atoms with Crippen LogP contribution in [-0.4, -0.2) is 29.1 Å². The van der Waals surface area contributed by atoms with Crippen LogP contribution in [0.3, 0.4) is 0 Å². The van der Waals surface area contributed by atoms with Crippen molar-refractivity contribution in [3.05, 3.63) is 11.9 Å². The molecule has 1 aromatic heterocycles. The Labute approximate surface area is 128 Å². The summed E-state index contributed by atoms with van der Waals surface area (Å²) < 4.78 is 0. The van der Waals surface area contributed by atoms with Gasteiger partial charge in [-0.3, -0.25) is 0 Å². The van der Waals surface area contributed by atoms with Crippen LogP contribution in [0, 0.1) is 11.3 Å². The summed E-state index contributed by atoms with van der Waals surface area (Å²) in [5, 5.41) is 12.3. The van der Waals surface area contributed by atoms with Crippen LogP contribution in [0.15, 0.2) is 6.33 Å². The van der Waals surface area contributed by atoms with E-state index < -0.39 is 0 Å². The average Bonchev–Trinajstić information content (AvgIpc) is 2.47. The molecule has 1 aromatic rings. The quantitative estimate of drug-likeness (QED) is 0.755. The largest absolute Gasteiger partial charge is 0.370 e. The van der Waals surface area contributed by atoms with Crippen LogP contribution in [0.5, 0.6) is 0 Å².